The molecule has 0 aliphatic rings. The number of hydrogen-bond acceptors (Lipinski definition) is 3. The van der Waals surface area contributed by atoms with Gasteiger partial charge in [0.25, 0.3) is 0 Å². The first-order valence-electron chi connectivity index (χ1n) is 9.14. The van der Waals surface area contributed by atoms with Crippen LogP contribution in [-0.4, -0.2) is 20.4 Å². The number of amides is 1. The van der Waals surface area contributed by atoms with Crippen molar-refractivity contribution in [3.63, 3.8) is 0 Å². The maximum absolute atomic E-state index is 13.2. The Morgan fingerprint density at radius 2 is 1.67 bits per heavy atom. The van der Waals surface area contributed by atoms with Crippen molar-refractivity contribution in [2.45, 2.75) is 24.3 Å². The first-order chi connectivity index (χ1) is 14.3. The van der Waals surface area contributed by atoms with E-state index in [0.717, 1.165) is 29.8 Å². The lowest BCUT2D eigenvalue weighted by Gasteiger charge is -2.20. The number of carbonyl (C=O) groups excluding carboxylic acids is 1. The fourth-order valence-electron chi connectivity index (χ4n) is 2.87. The molecule has 0 spiro atoms. The van der Waals surface area contributed by atoms with Crippen LogP contribution in [0.15, 0.2) is 77.7 Å². The number of rotatable bonds is 7. The molecule has 5 nitrogen and oxygen atoms in total. The molecule has 1 amide bonds. The molecule has 1 atom stereocenters. The van der Waals surface area contributed by atoms with Gasteiger partial charge in [-0.3, -0.25) is 4.79 Å². The molecule has 0 saturated carbocycles. The van der Waals surface area contributed by atoms with Crippen molar-refractivity contribution in [3.8, 4) is 0 Å². The Hall–Kier alpha value is -2.74. The third kappa shape index (κ3) is 5.44. The highest BCUT2D eigenvalue weighted by Gasteiger charge is 2.26. The van der Waals surface area contributed by atoms with Crippen molar-refractivity contribution in [1.82, 2.24) is 4.72 Å². The van der Waals surface area contributed by atoms with Gasteiger partial charge < -0.3 is 5.32 Å². The molecule has 0 saturated heterocycles. The van der Waals surface area contributed by atoms with Gasteiger partial charge in [-0.05, 0) is 60.9 Å². The Kier molecular flexibility index (Phi) is 6.87. The summed E-state index contributed by atoms with van der Waals surface area (Å²) in [5.41, 5.74) is 1.95. The molecule has 0 radical (unpaired) electrons. The van der Waals surface area contributed by atoms with Crippen LogP contribution in [0.4, 0.5) is 10.1 Å². The molecule has 3 aromatic rings. The first kappa shape index (κ1) is 22.0. The van der Waals surface area contributed by atoms with Crippen LogP contribution in [-0.2, 0) is 21.2 Å². The maximum atomic E-state index is 13.2. The molecule has 0 heterocycles. The standard InChI is InChI=1S/C22H20ClFN2O3S/c1-15-19(23)8-5-9-20(15)25-22(27)21(14-16-6-3-2-4-7-16)26-30(28,29)18-12-10-17(24)11-13-18/h2-13,21,26H,14H2,1H3,(H,25,27)/t21-/m0/s1. The summed E-state index contributed by atoms with van der Waals surface area (Å²) >= 11 is 6.11. The minimum absolute atomic E-state index is 0.131. The van der Waals surface area contributed by atoms with Crippen LogP contribution in [0.1, 0.15) is 11.1 Å². The van der Waals surface area contributed by atoms with Crippen LogP contribution in [0.5, 0.6) is 0 Å². The highest BCUT2D eigenvalue weighted by molar-refractivity contribution is 7.89. The molecule has 0 aliphatic carbocycles. The second kappa shape index (κ2) is 9.38. The van der Waals surface area contributed by atoms with E-state index in [9.17, 15) is 17.6 Å². The van der Waals surface area contributed by atoms with Gasteiger partial charge in [-0.15, -0.1) is 0 Å². The lowest BCUT2D eigenvalue weighted by Crippen LogP contribution is -2.45. The lowest BCUT2D eigenvalue weighted by molar-refractivity contribution is -0.117. The number of nitrogens with one attached hydrogen (secondary N) is 2. The van der Waals surface area contributed by atoms with Crippen molar-refractivity contribution in [1.29, 1.82) is 0 Å². The van der Waals surface area contributed by atoms with E-state index in [1.54, 1.807) is 49.4 Å². The smallest absolute Gasteiger partial charge is 0.242 e. The Balaban J connectivity index is 1.88. The van der Waals surface area contributed by atoms with Crippen LogP contribution >= 0.6 is 11.6 Å². The van der Waals surface area contributed by atoms with E-state index in [-0.39, 0.29) is 11.3 Å². The van der Waals surface area contributed by atoms with Crippen LogP contribution in [0.2, 0.25) is 5.02 Å². The Morgan fingerprint density at radius 1 is 1.00 bits per heavy atom. The third-order valence-corrected chi connectivity index (χ3v) is 6.44. The predicted molar refractivity (Wildman–Crippen MR) is 115 cm³/mol. The van der Waals surface area contributed by atoms with Gasteiger partial charge in [0, 0.05) is 10.7 Å². The largest absolute Gasteiger partial charge is 0.324 e. The molecule has 0 aromatic heterocycles. The summed E-state index contributed by atoms with van der Waals surface area (Å²) in [6.45, 7) is 1.76. The summed E-state index contributed by atoms with van der Waals surface area (Å²) in [5.74, 6) is -1.08. The van der Waals surface area contributed by atoms with Crippen molar-refractivity contribution in [3.05, 3.63) is 94.8 Å². The summed E-state index contributed by atoms with van der Waals surface area (Å²) in [6.07, 6.45) is 0.132. The molecule has 0 aliphatic heterocycles. The average molecular weight is 447 g/mol. The van der Waals surface area contributed by atoms with E-state index in [1.165, 1.54) is 0 Å². The summed E-state index contributed by atoms with van der Waals surface area (Å²) in [6, 6.07) is 17.4. The third-order valence-electron chi connectivity index (χ3n) is 4.55. The molecule has 2 N–H and O–H groups in total. The highest BCUT2D eigenvalue weighted by Crippen LogP contribution is 2.23. The Morgan fingerprint density at radius 3 is 2.33 bits per heavy atom. The summed E-state index contributed by atoms with van der Waals surface area (Å²) in [7, 11) is -4.06. The summed E-state index contributed by atoms with van der Waals surface area (Å²) < 4.78 is 41.2. The Labute approximate surface area is 179 Å². The minimum Gasteiger partial charge on any atom is -0.324 e. The zero-order chi connectivity index (χ0) is 21.7. The lowest BCUT2D eigenvalue weighted by atomic mass is 10.1. The van der Waals surface area contributed by atoms with Crippen LogP contribution in [0.25, 0.3) is 0 Å². The molecule has 30 heavy (non-hydrogen) atoms. The number of sulfonamides is 1. The van der Waals surface area contributed by atoms with Crippen molar-refractivity contribution in [2.24, 2.45) is 0 Å². The van der Waals surface area contributed by atoms with Crippen molar-refractivity contribution < 1.29 is 17.6 Å². The molecule has 3 rings (SSSR count). The van der Waals surface area contributed by atoms with Gasteiger partial charge in [0.2, 0.25) is 15.9 Å². The van der Waals surface area contributed by atoms with Gasteiger partial charge in [-0.25, -0.2) is 12.8 Å². The monoisotopic (exact) mass is 446 g/mol. The van der Waals surface area contributed by atoms with Gasteiger partial charge >= 0.3 is 0 Å². The van der Waals surface area contributed by atoms with E-state index in [2.05, 4.69) is 10.0 Å². The quantitative estimate of drug-likeness (QED) is 0.567. The van der Waals surface area contributed by atoms with Gasteiger partial charge in [0.05, 0.1) is 4.90 Å². The van der Waals surface area contributed by atoms with Gasteiger partial charge in [-0.2, -0.15) is 4.72 Å². The molecule has 156 valence electrons. The maximum Gasteiger partial charge on any atom is 0.242 e. The van der Waals surface area contributed by atoms with E-state index in [4.69, 9.17) is 11.6 Å². The number of carbonyl (C=O) groups is 1. The van der Waals surface area contributed by atoms with Gasteiger partial charge in [-0.1, -0.05) is 48.0 Å². The molecule has 0 bridgehead atoms. The van der Waals surface area contributed by atoms with Gasteiger partial charge in [0.15, 0.2) is 0 Å². The molecule has 0 fully saturated rings. The van der Waals surface area contributed by atoms with E-state index < -0.39 is 27.8 Å². The zero-order valence-electron chi connectivity index (χ0n) is 16.1. The molecule has 0 unspecified atom stereocenters. The van der Waals surface area contributed by atoms with Gasteiger partial charge in [0.1, 0.15) is 11.9 Å². The molecular weight excluding hydrogens is 427 g/mol. The second-order valence-corrected chi connectivity index (χ2v) is 8.84. The number of benzene rings is 3. The Bertz CT molecular complexity index is 1140. The number of anilines is 1. The average Bonchev–Trinajstić information content (AvgIpc) is 2.72. The van der Waals surface area contributed by atoms with Crippen LogP contribution < -0.4 is 10.0 Å². The fraction of sp³-hybridized carbons (Fsp3) is 0.136. The summed E-state index contributed by atoms with van der Waals surface area (Å²) in [4.78, 5) is 12.9. The second-order valence-electron chi connectivity index (χ2n) is 6.72. The number of halogens is 2. The first-order valence-corrected chi connectivity index (χ1v) is 11.0. The van der Waals surface area contributed by atoms with E-state index in [0.29, 0.717) is 16.3 Å². The fourth-order valence-corrected chi connectivity index (χ4v) is 4.24. The predicted octanol–water partition coefficient (Wildman–Crippen LogP) is 4.32. The number of hydrogen-bond donors (Lipinski definition) is 2. The normalized spacial score (nSPS) is 12.4. The topological polar surface area (TPSA) is 75.3 Å². The van der Waals surface area contributed by atoms with Crippen LogP contribution in [0.3, 0.4) is 0 Å². The summed E-state index contributed by atoms with van der Waals surface area (Å²) in [5, 5.41) is 3.23. The zero-order valence-corrected chi connectivity index (χ0v) is 17.7. The SMILES string of the molecule is Cc1c(Cl)cccc1NC(=O)[C@H](Cc1ccccc1)NS(=O)(=O)c1ccc(F)cc1. The molecule has 8 heteroatoms. The van der Waals surface area contributed by atoms with Crippen LogP contribution in [0, 0.1) is 12.7 Å². The van der Waals surface area contributed by atoms with E-state index >= 15 is 0 Å². The van der Waals surface area contributed by atoms with E-state index in [1.807, 2.05) is 6.07 Å². The van der Waals surface area contributed by atoms with Crippen molar-refractivity contribution >= 4 is 33.2 Å². The molecule has 3 aromatic carbocycles. The molecular formula is C22H20ClFN2O3S. The minimum atomic E-state index is -4.06. The highest BCUT2D eigenvalue weighted by atomic mass is 35.5. The van der Waals surface area contributed by atoms with Crippen molar-refractivity contribution in [2.75, 3.05) is 5.32 Å².